The maximum atomic E-state index is 12.1. The minimum atomic E-state index is -0.350. The minimum absolute atomic E-state index is 0.0493. The van der Waals surface area contributed by atoms with Crippen molar-refractivity contribution in [2.75, 3.05) is 13.7 Å². The van der Waals surface area contributed by atoms with Crippen molar-refractivity contribution in [2.45, 2.75) is 19.8 Å². The van der Waals surface area contributed by atoms with Gasteiger partial charge in [0, 0.05) is 36.0 Å². The lowest BCUT2D eigenvalue weighted by Crippen LogP contribution is -2.26. The lowest BCUT2D eigenvalue weighted by molar-refractivity contribution is -0.114. The fraction of sp³-hybridized carbons (Fsp3) is 0.263. The van der Waals surface area contributed by atoms with E-state index in [0.29, 0.717) is 17.7 Å². The van der Waals surface area contributed by atoms with Gasteiger partial charge in [0.25, 0.3) is 0 Å². The molecule has 120 valence electrons. The Bertz CT molecular complexity index is 651. The lowest BCUT2D eigenvalue weighted by Gasteiger charge is -2.30. The SMILES string of the molecule is C=CCN1C=C(C(C)=O)C(c2ccc(OC)cc2)C(C(C)=O)=C1. The monoisotopic (exact) mass is 311 g/mol. The summed E-state index contributed by atoms with van der Waals surface area (Å²) in [5.74, 6) is 0.287. The number of ketones is 2. The summed E-state index contributed by atoms with van der Waals surface area (Å²) in [4.78, 5) is 26.1. The summed E-state index contributed by atoms with van der Waals surface area (Å²) in [6, 6.07) is 7.45. The van der Waals surface area contributed by atoms with Crippen LogP contribution in [-0.2, 0) is 9.59 Å². The lowest BCUT2D eigenvalue weighted by atomic mass is 9.80. The van der Waals surface area contributed by atoms with Gasteiger partial charge >= 0.3 is 0 Å². The molecule has 0 aliphatic carbocycles. The van der Waals surface area contributed by atoms with Crippen molar-refractivity contribution in [1.82, 2.24) is 4.90 Å². The molecule has 1 heterocycles. The van der Waals surface area contributed by atoms with Crippen molar-refractivity contribution in [3.8, 4) is 5.75 Å². The van der Waals surface area contributed by atoms with Crippen molar-refractivity contribution in [2.24, 2.45) is 0 Å². The van der Waals surface area contributed by atoms with E-state index in [1.807, 2.05) is 29.2 Å². The molecule has 0 bridgehead atoms. The second-order valence-electron chi connectivity index (χ2n) is 5.47. The largest absolute Gasteiger partial charge is 0.497 e. The van der Waals surface area contributed by atoms with Crippen LogP contribution in [0, 0.1) is 0 Å². The number of benzene rings is 1. The van der Waals surface area contributed by atoms with Gasteiger partial charge in [0.2, 0.25) is 0 Å². The molecule has 1 aliphatic rings. The van der Waals surface area contributed by atoms with Gasteiger partial charge in [-0.05, 0) is 31.5 Å². The van der Waals surface area contributed by atoms with Gasteiger partial charge in [-0.15, -0.1) is 6.58 Å². The van der Waals surface area contributed by atoms with Crippen LogP contribution in [0.3, 0.4) is 0 Å². The van der Waals surface area contributed by atoms with Crippen LogP contribution < -0.4 is 4.74 Å². The molecule has 2 rings (SSSR count). The number of allylic oxidation sites excluding steroid dienone is 2. The van der Waals surface area contributed by atoms with Crippen molar-refractivity contribution < 1.29 is 14.3 Å². The fourth-order valence-electron chi connectivity index (χ4n) is 2.71. The standard InChI is InChI=1S/C19H21NO3/c1-5-10-20-11-17(13(2)21)19(18(12-20)14(3)22)15-6-8-16(23-4)9-7-15/h5-9,11-12,19H,1,10H2,2-4H3. The van der Waals surface area contributed by atoms with Gasteiger partial charge in [-0.2, -0.15) is 0 Å². The topological polar surface area (TPSA) is 46.6 Å². The van der Waals surface area contributed by atoms with Crippen molar-refractivity contribution >= 4 is 11.6 Å². The number of methoxy groups -OCH3 is 1. The van der Waals surface area contributed by atoms with Gasteiger partial charge in [0.1, 0.15) is 5.75 Å². The predicted molar refractivity (Wildman–Crippen MR) is 90.2 cm³/mol. The number of rotatable bonds is 6. The summed E-state index contributed by atoms with van der Waals surface area (Å²) in [6.07, 6.45) is 5.33. The van der Waals surface area contributed by atoms with E-state index in [2.05, 4.69) is 6.58 Å². The van der Waals surface area contributed by atoms with Gasteiger partial charge in [0.15, 0.2) is 11.6 Å². The van der Waals surface area contributed by atoms with E-state index >= 15 is 0 Å². The number of ether oxygens (including phenoxy) is 1. The third-order valence-electron chi connectivity index (χ3n) is 3.83. The molecule has 4 heteroatoms. The Morgan fingerprint density at radius 3 is 2.04 bits per heavy atom. The quantitative estimate of drug-likeness (QED) is 0.757. The highest BCUT2D eigenvalue weighted by molar-refractivity contribution is 6.02. The van der Waals surface area contributed by atoms with E-state index in [1.165, 1.54) is 13.8 Å². The predicted octanol–water partition coefficient (Wildman–Crippen LogP) is 3.23. The minimum Gasteiger partial charge on any atom is -0.497 e. The van der Waals surface area contributed by atoms with Crippen LogP contribution in [0.4, 0.5) is 0 Å². The second kappa shape index (κ2) is 7.09. The van der Waals surface area contributed by atoms with Crippen LogP contribution in [0.15, 0.2) is 60.5 Å². The summed E-state index contributed by atoms with van der Waals surface area (Å²) in [6.45, 7) is 7.30. The third-order valence-corrected chi connectivity index (χ3v) is 3.83. The number of carbonyl (C=O) groups excluding carboxylic acids is 2. The summed E-state index contributed by atoms with van der Waals surface area (Å²) in [7, 11) is 1.60. The first-order chi connectivity index (χ1) is 11.0. The maximum absolute atomic E-state index is 12.1. The number of hydrogen-bond acceptors (Lipinski definition) is 4. The van der Waals surface area contributed by atoms with Crippen LogP contribution >= 0.6 is 0 Å². The van der Waals surface area contributed by atoms with E-state index in [9.17, 15) is 9.59 Å². The first-order valence-electron chi connectivity index (χ1n) is 7.43. The third kappa shape index (κ3) is 3.59. The molecule has 0 unspecified atom stereocenters. The van der Waals surface area contributed by atoms with Gasteiger partial charge in [-0.3, -0.25) is 9.59 Å². The summed E-state index contributed by atoms with van der Waals surface area (Å²) >= 11 is 0. The molecule has 23 heavy (non-hydrogen) atoms. The molecule has 1 aromatic rings. The van der Waals surface area contributed by atoms with Gasteiger partial charge in [0.05, 0.1) is 7.11 Å². The normalized spacial score (nSPS) is 14.8. The molecule has 0 fully saturated rings. The molecule has 0 radical (unpaired) electrons. The Morgan fingerprint density at radius 1 is 1.13 bits per heavy atom. The molecule has 0 saturated heterocycles. The average Bonchev–Trinajstić information content (AvgIpc) is 2.54. The summed E-state index contributed by atoms with van der Waals surface area (Å²) in [5.41, 5.74) is 2.10. The van der Waals surface area contributed by atoms with Gasteiger partial charge in [-0.1, -0.05) is 18.2 Å². The van der Waals surface area contributed by atoms with Crippen LogP contribution in [0.25, 0.3) is 0 Å². The zero-order chi connectivity index (χ0) is 17.0. The molecule has 0 spiro atoms. The molecular formula is C19H21NO3. The van der Waals surface area contributed by atoms with Crippen molar-refractivity contribution in [3.05, 3.63) is 66.0 Å². The molecule has 1 aromatic carbocycles. The number of nitrogens with zero attached hydrogens (tertiary/aromatic N) is 1. The Kier molecular flexibility index (Phi) is 5.16. The molecule has 0 atom stereocenters. The van der Waals surface area contributed by atoms with E-state index < -0.39 is 0 Å². The Morgan fingerprint density at radius 2 is 1.65 bits per heavy atom. The second-order valence-corrected chi connectivity index (χ2v) is 5.47. The highest BCUT2D eigenvalue weighted by atomic mass is 16.5. The maximum Gasteiger partial charge on any atom is 0.158 e. The number of Topliss-reactive ketones (excluding diaryl/α,β-unsaturated/α-hetero) is 2. The van der Waals surface area contributed by atoms with Crippen LogP contribution in [0.1, 0.15) is 25.3 Å². The van der Waals surface area contributed by atoms with Crippen molar-refractivity contribution in [1.29, 1.82) is 0 Å². The molecule has 0 amide bonds. The van der Waals surface area contributed by atoms with E-state index in [-0.39, 0.29) is 17.5 Å². The Balaban J connectivity index is 2.52. The van der Waals surface area contributed by atoms with E-state index in [0.717, 1.165) is 11.3 Å². The van der Waals surface area contributed by atoms with E-state index in [4.69, 9.17) is 4.74 Å². The first-order valence-corrected chi connectivity index (χ1v) is 7.43. The molecule has 4 nitrogen and oxygen atoms in total. The van der Waals surface area contributed by atoms with Gasteiger partial charge in [-0.25, -0.2) is 0 Å². The zero-order valence-electron chi connectivity index (χ0n) is 13.7. The highest BCUT2D eigenvalue weighted by Gasteiger charge is 2.30. The fourth-order valence-corrected chi connectivity index (χ4v) is 2.71. The van der Waals surface area contributed by atoms with Crippen molar-refractivity contribution in [3.63, 3.8) is 0 Å². The first kappa shape index (κ1) is 16.7. The zero-order valence-corrected chi connectivity index (χ0v) is 13.7. The Labute approximate surface area is 136 Å². The summed E-state index contributed by atoms with van der Waals surface area (Å²) < 4.78 is 5.17. The molecule has 0 saturated carbocycles. The van der Waals surface area contributed by atoms with Crippen LogP contribution in [0.5, 0.6) is 5.75 Å². The summed E-state index contributed by atoms with van der Waals surface area (Å²) in [5, 5.41) is 0. The van der Waals surface area contributed by atoms with Gasteiger partial charge < -0.3 is 9.64 Å². The molecule has 0 N–H and O–H groups in total. The van der Waals surface area contributed by atoms with Crippen LogP contribution in [0.2, 0.25) is 0 Å². The molecular weight excluding hydrogens is 290 g/mol. The van der Waals surface area contributed by atoms with Crippen LogP contribution in [-0.4, -0.2) is 30.1 Å². The van der Waals surface area contributed by atoms with E-state index in [1.54, 1.807) is 25.6 Å². The highest BCUT2D eigenvalue weighted by Crippen LogP contribution is 2.37. The Hall–Kier alpha value is -2.62. The number of hydrogen-bond donors (Lipinski definition) is 0. The molecule has 0 aromatic heterocycles. The number of carbonyl (C=O) groups is 2. The average molecular weight is 311 g/mol. The molecule has 1 aliphatic heterocycles. The smallest absolute Gasteiger partial charge is 0.158 e.